The van der Waals surface area contributed by atoms with Crippen LogP contribution in [-0.2, 0) is 14.8 Å². The fourth-order valence-corrected chi connectivity index (χ4v) is 3.40. The summed E-state index contributed by atoms with van der Waals surface area (Å²) >= 11 is 0. The maximum absolute atomic E-state index is 12.4. The Labute approximate surface area is 127 Å². The highest BCUT2D eigenvalue weighted by molar-refractivity contribution is 7.92. The van der Waals surface area contributed by atoms with Gasteiger partial charge in [0.1, 0.15) is 0 Å². The van der Waals surface area contributed by atoms with Crippen LogP contribution in [-0.4, -0.2) is 38.5 Å². The maximum Gasteiger partial charge on any atom is 0.236 e. The first-order valence-electron chi connectivity index (χ1n) is 7.25. The number of benzene rings is 1. The second kappa shape index (κ2) is 6.73. The first kappa shape index (κ1) is 16.2. The SMILES string of the molecule is Cc1ccc(/C=C/S(=O)(=O)N2CCOC(C(C)C)C2)cc1. The third-order valence-corrected chi connectivity index (χ3v) is 5.20. The van der Waals surface area contributed by atoms with E-state index in [9.17, 15) is 8.42 Å². The first-order chi connectivity index (χ1) is 9.88. The molecule has 1 saturated heterocycles. The predicted molar refractivity (Wildman–Crippen MR) is 85.3 cm³/mol. The largest absolute Gasteiger partial charge is 0.375 e. The monoisotopic (exact) mass is 309 g/mol. The highest BCUT2D eigenvalue weighted by atomic mass is 32.2. The van der Waals surface area contributed by atoms with Gasteiger partial charge in [0, 0.05) is 18.5 Å². The topological polar surface area (TPSA) is 46.6 Å². The lowest BCUT2D eigenvalue weighted by Crippen LogP contribution is -2.46. The van der Waals surface area contributed by atoms with Crippen molar-refractivity contribution in [3.63, 3.8) is 0 Å². The van der Waals surface area contributed by atoms with Crippen LogP contribution in [0.3, 0.4) is 0 Å². The number of rotatable bonds is 4. The molecule has 1 unspecified atom stereocenters. The molecule has 0 aliphatic carbocycles. The van der Waals surface area contributed by atoms with Crippen LogP contribution < -0.4 is 0 Å². The van der Waals surface area contributed by atoms with Crippen molar-refractivity contribution < 1.29 is 13.2 Å². The summed E-state index contributed by atoms with van der Waals surface area (Å²) in [6.07, 6.45) is 1.62. The summed E-state index contributed by atoms with van der Waals surface area (Å²) in [7, 11) is -3.39. The van der Waals surface area contributed by atoms with Gasteiger partial charge in [0.15, 0.2) is 0 Å². The van der Waals surface area contributed by atoms with E-state index in [-0.39, 0.29) is 6.10 Å². The lowest BCUT2D eigenvalue weighted by molar-refractivity contribution is -0.0259. The van der Waals surface area contributed by atoms with Crippen molar-refractivity contribution in [2.75, 3.05) is 19.7 Å². The smallest absolute Gasteiger partial charge is 0.236 e. The molecule has 1 aliphatic heterocycles. The summed E-state index contributed by atoms with van der Waals surface area (Å²) in [5.41, 5.74) is 2.04. The minimum Gasteiger partial charge on any atom is -0.375 e. The van der Waals surface area contributed by atoms with Crippen molar-refractivity contribution in [1.82, 2.24) is 4.31 Å². The lowest BCUT2D eigenvalue weighted by Gasteiger charge is -2.33. The normalized spacial score (nSPS) is 21.2. The number of nitrogens with zero attached hydrogens (tertiary/aromatic N) is 1. The molecule has 0 spiro atoms. The molecule has 0 saturated carbocycles. The van der Waals surface area contributed by atoms with Gasteiger partial charge in [-0.2, -0.15) is 4.31 Å². The average Bonchev–Trinajstić information content (AvgIpc) is 2.47. The summed E-state index contributed by atoms with van der Waals surface area (Å²) < 4.78 is 31.9. The molecule has 0 radical (unpaired) electrons. The molecule has 0 aromatic heterocycles. The van der Waals surface area contributed by atoms with Crippen LogP contribution in [0.4, 0.5) is 0 Å². The van der Waals surface area contributed by atoms with Crippen LogP contribution in [0, 0.1) is 12.8 Å². The van der Waals surface area contributed by atoms with Crippen LogP contribution in [0.2, 0.25) is 0 Å². The molecule has 116 valence electrons. The van der Waals surface area contributed by atoms with Gasteiger partial charge in [0.25, 0.3) is 0 Å². The van der Waals surface area contributed by atoms with E-state index in [2.05, 4.69) is 0 Å². The number of ether oxygens (including phenoxy) is 1. The number of sulfonamides is 1. The molecule has 21 heavy (non-hydrogen) atoms. The second-order valence-electron chi connectivity index (χ2n) is 5.77. The fourth-order valence-electron chi connectivity index (χ4n) is 2.21. The number of hydrogen-bond acceptors (Lipinski definition) is 3. The molecule has 5 heteroatoms. The number of hydrogen-bond donors (Lipinski definition) is 0. The van der Waals surface area contributed by atoms with Crippen molar-refractivity contribution in [3.8, 4) is 0 Å². The molecule has 1 fully saturated rings. The third kappa shape index (κ3) is 4.40. The van der Waals surface area contributed by atoms with Gasteiger partial charge in [-0.15, -0.1) is 0 Å². The molecule has 1 aromatic rings. The molecule has 1 atom stereocenters. The lowest BCUT2D eigenvalue weighted by atomic mass is 10.1. The van der Waals surface area contributed by atoms with Crippen LogP contribution >= 0.6 is 0 Å². The molecule has 1 aliphatic rings. The van der Waals surface area contributed by atoms with Crippen molar-refractivity contribution in [1.29, 1.82) is 0 Å². The molecular weight excluding hydrogens is 286 g/mol. The molecule has 0 N–H and O–H groups in total. The van der Waals surface area contributed by atoms with Gasteiger partial charge in [-0.3, -0.25) is 0 Å². The van der Waals surface area contributed by atoms with E-state index < -0.39 is 10.0 Å². The Hall–Kier alpha value is -1.17. The Morgan fingerprint density at radius 3 is 2.57 bits per heavy atom. The Bertz CT molecular complexity index is 590. The van der Waals surface area contributed by atoms with E-state index in [1.807, 2.05) is 45.0 Å². The summed E-state index contributed by atoms with van der Waals surface area (Å²) in [5, 5.41) is 1.29. The Morgan fingerprint density at radius 1 is 1.29 bits per heavy atom. The van der Waals surface area contributed by atoms with E-state index in [1.165, 1.54) is 9.71 Å². The van der Waals surface area contributed by atoms with E-state index >= 15 is 0 Å². The van der Waals surface area contributed by atoms with Gasteiger partial charge >= 0.3 is 0 Å². The molecular formula is C16H23NO3S. The van der Waals surface area contributed by atoms with Gasteiger partial charge in [0.2, 0.25) is 10.0 Å². The molecule has 1 heterocycles. The highest BCUT2D eigenvalue weighted by Gasteiger charge is 2.29. The van der Waals surface area contributed by atoms with Crippen LogP contribution in [0.1, 0.15) is 25.0 Å². The molecule has 1 aromatic carbocycles. The van der Waals surface area contributed by atoms with E-state index in [1.54, 1.807) is 6.08 Å². The van der Waals surface area contributed by atoms with E-state index in [0.29, 0.717) is 25.6 Å². The van der Waals surface area contributed by atoms with Crippen molar-refractivity contribution in [2.24, 2.45) is 5.92 Å². The zero-order valence-electron chi connectivity index (χ0n) is 12.8. The zero-order valence-corrected chi connectivity index (χ0v) is 13.6. The highest BCUT2D eigenvalue weighted by Crippen LogP contribution is 2.17. The fraction of sp³-hybridized carbons (Fsp3) is 0.500. The third-order valence-electron chi connectivity index (χ3n) is 3.67. The van der Waals surface area contributed by atoms with Gasteiger partial charge in [-0.05, 0) is 24.5 Å². The van der Waals surface area contributed by atoms with Gasteiger partial charge < -0.3 is 4.74 Å². The number of morpholine rings is 1. The molecule has 2 rings (SSSR count). The average molecular weight is 309 g/mol. The van der Waals surface area contributed by atoms with Crippen LogP contribution in [0.5, 0.6) is 0 Å². The molecule has 0 bridgehead atoms. The molecule has 0 amide bonds. The Kier molecular flexibility index (Phi) is 5.19. The Morgan fingerprint density at radius 2 is 1.95 bits per heavy atom. The predicted octanol–water partition coefficient (Wildman–Crippen LogP) is 2.65. The van der Waals surface area contributed by atoms with E-state index in [0.717, 1.165) is 11.1 Å². The summed E-state index contributed by atoms with van der Waals surface area (Å²) in [6, 6.07) is 7.76. The summed E-state index contributed by atoms with van der Waals surface area (Å²) in [5.74, 6) is 0.309. The van der Waals surface area contributed by atoms with E-state index in [4.69, 9.17) is 4.74 Å². The quantitative estimate of drug-likeness (QED) is 0.859. The minimum atomic E-state index is -3.39. The van der Waals surface area contributed by atoms with Crippen LogP contribution in [0.25, 0.3) is 6.08 Å². The standard InChI is InChI=1S/C16H23NO3S/c1-13(2)16-12-17(9-10-20-16)21(18,19)11-8-15-6-4-14(3)5-7-15/h4-8,11,13,16H,9-10,12H2,1-3H3/b11-8+. The summed E-state index contributed by atoms with van der Waals surface area (Å²) in [6.45, 7) is 7.40. The Balaban J connectivity index is 2.09. The van der Waals surface area contributed by atoms with Gasteiger partial charge in [-0.25, -0.2) is 8.42 Å². The van der Waals surface area contributed by atoms with Crippen molar-refractivity contribution in [2.45, 2.75) is 26.9 Å². The van der Waals surface area contributed by atoms with Crippen molar-refractivity contribution in [3.05, 3.63) is 40.8 Å². The molecule has 4 nitrogen and oxygen atoms in total. The number of aryl methyl sites for hydroxylation is 1. The van der Waals surface area contributed by atoms with Crippen molar-refractivity contribution >= 4 is 16.1 Å². The second-order valence-corrected chi connectivity index (χ2v) is 7.59. The van der Waals surface area contributed by atoms with Crippen LogP contribution in [0.15, 0.2) is 29.7 Å². The van der Waals surface area contributed by atoms with Gasteiger partial charge in [0.05, 0.1) is 12.7 Å². The maximum atomic E-state index is 12.4. The first-order valence-corrected chi connectivity index (χ1v) is 8.75. The zero-order chi connectivity index (χ0) is 15.5. The van der Waals surface area contributed by atoms with Gasteiger partial charge in [-0.1, -0.05) is 43.7 Å². The summed E-state index contributed by atoms with van der Waals surface area (Å²) in [4.78, 5) is 0. The minimum absolute atomic E-state index is 0.0266.